The standard InChI is InChI=1S/C24H27N5O2S/c1-27(2)15-16-29-22(21(26-24(29)32)19-7-4-5-13-25-19)20-8-6-14-28(20)18-11-9-17(10-12-18)23(30)31-3/h4-14,21-22H,15-16H2,1-3H3,(H,26,32)/t21-,22-/m1/s1. The van der Waals surface area contributed by atoms with Crippen molar-refractivity contribution in [1.82, 2.24) is 24.7 Å². The number of nitrogens with zero attached hydrogens (tertiary/aromatic N) is 4. The summed E-state index contributed by atoms with van der Waals surface area (Å²) in [5, 5.41) is 4.22. The Hall–Kier alpha value is -3.23. The molecule has 0 spiro atoms. The number of thiocarbonyl (C=S) groups is 1. The number of carbonyl (C=O) groups is 1. The van der Waals surface area contributed by atoms with Crippen LogP contribution in [0.3, 0.4) is 0 Å². The first-order chi connectivity index (χ1) is 15.5. The van der Waals surface area contributed by atoms with Crippen molar-refractivity contribution < 1.29 is 9.53 Å². The third kappa shape index (κ3) is 4.37. The molecule has 1 saturated heterocycles. The minimum atomic E-state index is -0.348. The van der Waals surface area contributed by atoms with Crippen molar-refractivity contribution in [2.45, 2.75) is 12.1 Å². The van der Waals surface area contributed by atoms with Gasteiger partial charge in [-0.25, -0.2) is 4.79 Å². The van der Waals surface area contributed by atoms with Crippen LogP contribution in [0.2, 0.25) is 0 Å². The summed E-state index contributed by atoms with van der Waals surface area (Å²) in [5.41, 5.74) is 3.52. The lowest BCUT2D eigenvalue weighted by Gasteiger charge is -2.29. The van der Waals surface area contributed by atoms with Crippen LogP contribution in [-0.2, 0) is 4.74 Å². The molecule has 3 heterocycles. The van der Waals surface area contributed by atoms with Crippen LogP contribution >= 0.6 is 12.2 Å². The van der Waals surface area contributed by atoms with Gasteiger partial charge in [-0.3, -0.25) is 4.98 Å². The molecule has 1 N–H and O–H groups in total. The zero-order valence-electron chi connectivity index (χ0n) is 18.4. The Morgan fingerprint density at radius 1 is 1.16 bits per heavy atom. The van der Waals surface area contributed by atoms with Crippen LogP contribution in [0.1, 0.15) is 33.8 Å². The van der Waals surface area contributed by atoms with E-state index in [0.717, 1.165) is 35.3 Å². The maximum Gasteiger partial charge on any atom is 0.337 e. The second-order valence-electron chi connectivity index (χ2n) is 7.96. The number of benzene rings is 1. The van der Waals surface area contributed by atoms with Crippen molar-refractivity contribution >= 4 is 23.3 Å². The van der Waals surface area contributed by atoms with Crippen LogP contribution in [0.4, 0.5) is 0 Å². The number of rotatable bonds is 7. The van der Waals surface area contributed by atoms with E-state index < -0.39 is 0 Å². The number of esters is 1. The maximum atomic E-state index is 11.8. The predicted octanol–water partition coefficient (Wildman–Crippen LogP) is 3.19. The van der Waals surface area contributed by atoms with Crippen LogP contribution in [0.5, 0.6) is 0 Å². The molecule has 7 nitrogen and oxygen atoms in total. The topological polar surface area (TPSA) is 62.6 Å². The minimum Gasteiger partial charge on any atom is -0.465 e. The zero-order chi connectivity index (χ0) is 22.7. The molecule has 0 bridgehead atoms. The molecule has 1 aliphatic rings. The average Bonchev–Trinajstić information content (AvgIpc) is 3.42. The molecule has 3 aromatic rings. The number of hydrogen-bond acceptors (Lipinski definition) is 5. The van der Waals surface area contributed by atoms with Gasteiger partial charge in [0.15, 0.2) is 5.11 Å². The number of ether oxygens (including phenoxy) is 1. The van der Waals surface area contributed by atoms with Crippen LogP contribution < -0.4 is 5.32 Å². The average molecular weight is 450 g/mol. The van der Waals surface area contributed by atoms with E-state index in [1.807, 2.05) is 48.8 Å². The van der Waals surface area contributed by atoms with Gasteiger partial charge in [0.1, 0.15) is 0 Å². The van der Waals surface area contributed by atoms with Gasteiger partial charge < -0.3 is 24.4 Å². The maximum absolute atomic E-state index is 11.8. The number of methoxy groups -OCH3 is 1. The van der Waals surface area contributed by atoms with Crippen LogP contribution in [0.25, 0.3) is 5.69 Å². The smallest absolute Gasteiger partial charge is 0.337 e. The molecule has 166 valence electrons. The Kier molecular flexibility index (Phi) is 6.53. The Morgan fingerprint density at radius 3 is 2.59 bits per heavy atom. The van der Waals surface area contributed by atoms with Crippen molar-refractivity contribution in [3.63, 3.8) is 0 Å². The summed E-state index contributed by atoms with van der Waals surface area (Å²) in [6, 6.07) is 17.4. The van der Waals surface area contributed by atoms with E-state index in [-0.39, 0.29) is 18.1 Å². The fourth-order valence-electron chi connectivity index (χ4n) is 4.02. The molecule has 0 unspecified atom stereocenters. The lowest BCUT2D eigenvalue weighted by molar-refractivity contribution is 0.0600. The molecule has 1 aliphatic heterocycles. The van der Waals surface area contributed by atoms with Gasteiger partial charge in [0.05, 0.1) is 30.5 Å². The summed E-state index contributed by atoms with van der Waals surface area (Å²) in [6.07, 6.45) is 3.84. The molecular formula is C24H27N5O2S. The van der Waals surface area contributed by atoms with Crippen molar-refractivity contribution in [1.29, 1.82) is 0 Å². The van der Waals surface area contributed by atoms with Gasteiger partial charge in [0.2, 0.25) is 0 Å². The van der Waals surface area contributed by atoms with E-state index >= 15 is 0 Å². The molecule has 1 fully saturated rings. The lowest BCUT2D eigenvalue weighted by atomic mass is 10.0. The van der Waals surface area contributed by atoms with E-state index in [1.165, 1.54) is 7.11 Å². The number of pyridine rings is 1. The van der Waals surface area contributed by atoms with Gasteiger partial charge in [-0.1, -0.05) is 6.07 Å². The first-order valence-corrected chi connectivity index (χ1v) is 10.9. The third-order valence-corrected chi connectivity index (χ3v) is 5.99. The van der Waals surface area contributed by atoms with Crippen LogP contribution in [0, 0.1) is 0 Å². The van der Waals surface area contributed by atoms with Crippen molar-refractivity contribution in [2.75, 3.05) is 34.3 Å². The summed E-state index contributed by atoms with van der Waals surface area (Å²) in [7, 11) is 5.50. The van der Waals surface area contributed by atoms with E-state index in [4.69, 9.17) is 17.0 Å². The predicted molar refractivity (Wildman–Crippen MR) is 128 cm³/mol. The Balaban J connectivity index is 1.74. The molecule has 1 aromatic carbocycles. The van der Waals surface area contributed by atoms with Crippen molar-refractivity contribution in [2.24, 2.45) is 0 Å². The normalized spacial score (nSPS) is 18.1. The fraction of sp³-hybridized carbons (Fsp3) is 0.292. The highest BCUT2D eigenvalue weighted by atomic mass is 32.1. The number of aromatic nitrogens is 2. The largest absolute Gasteiger partial charge is 0.465 e. The van der Waals surface area contributed by atoms with Crippen LogP contribution in [0.15, 0.2) is 67.0 Å². The van der Waals surface area contributed by atoms with Crippen molar-refractivity contribution in [3.8, 4) is 5.69 Å². The van der Waals surface area contributed by atoms with Gasteiger partial charge in [0, 0.05) is 36.9 Å². The summed E-state index contributed by atoms with van der Waals surface area (Å²) >= 11 is 5.75. The van der Waals surface area contributed by atoms with E-state index in [9.17, 15) is 4.79 Å². The van der Waals surface area contributed by atoms with Gasteiger partial charge >= 0.3 is 5.97 Å². The highest BCUT2D eigenvalue weighted by Crippen LogP contribution is 2.39. The molecule has 0 saturated carbocycles. The summed E-state index contributed by atoms with van der Waals surface area (Å²) in [6.45, 7) is 1.67. The molecule has 0 aliphatic carbocycles. The van der Waals surface area contributed by atoms with E-state index in [1.54, 1.807) is 12.1 Å². The van der Waals surface area contributed by atoms with Gasteiger partial charge in [0.25, 0.3) is 0 Å². The first-order valence-electron chi connectivity index (χ1n) is 10.5. The Bertz CT molecular complexity index is 1080. The SMILES string of the molecule is COC(=O)c1ccc(-n2cccc2[C@@H]2[C@@H](c3ccccn3)NC(=S)N2CCN(C)C)cc1. The van der Waals surface area contributed by atoms with Crippen LogP contribution in [-0.4, -0.2) is 64.7 Å². The van der Waals surface area contributed by atoms with Gasteiger partial charge in [-0.05, 0) is 74.8 Å². The number of nitrogens with one attached hydrogen (secondary N) is 1. The van der Waals surface area contributed by atoms with E-state index in [2.05, 4.69) is 44.8 Å². The molecule has 2 atom stereocenters. The summed E-state index contributed by atoms with van der Waals surface area (Å²) in [4.78, 5) is 20.8. The van der Waals surface area contributed by atoms with E-state index in [0.29, 0.717) is 5.56 Å². The molecule has 0 amide bonds. The monoisotopic (exact) mass is 449 g/mol. The number of likely N-dealkylation sites (N-methyl/N-ethyl adjacent to an activating group) is 1. The molecule has 4 rings (SSSR count). The quantitative estimate of drug-likeness (QED) is 0.439. The van der Waals surface area contributed by atoms with Crippen molar-refractivity contribution in [3.05, 3.63) is 83.9 Å². The molecule has 32 heavy (non-hydrogen) atoms. The number of hydrogen-bond donors (Lipinski definition) is 1. The third-order valence-electron chi connectivity index (χ3n) is 5.64. The van der Waals surface area contributed by atoms with Gasteiger partial charge in [-0.2, -0.15) is 0 Å². The highest BCUT2D eigenvalue weighted by Gasteiger charge is 2.41. The second-order valence-corrected chi connectivity index (χ2v) is 8.35. The summed E-state index contributed by atoms with van der Waals surface area (Å²) < 4.78 is 6.96. The molecule has 2 aromatic heterocycles. The highest BCUT2D eigenvalue weighted by molar-refractivity contribution is 7.80. The minimum absolute atomic E-state index is 0.0346. The van der Waals surface area contributed by atoms with Gasteiger partial charge in [-0.15, -0.1) is 0 Å². The second kappa shape index (κ2) is 9.50. The first kappa shape index (κ1) is 22.0. The number of carbonyl (C=O) groups excluding carboxylic acids is 1. The Labute approximate surface area is 193 Å². The summed E-state index contributed by atoms with van der Waals surface area (Å²) in [5.74, 6) is -0.348. The molecule has 8 heteroatoms. The molecule has 0 radical (unpaired) electrons. The fourth-order valence-corrected chi connectivity index (χ4v) is 4.35. The molecular weight excluding hydrogens is 422 g/mol. The lowest BCUT2D eigenvalue weighted by Crippen LogP contribution is -2.36. The Morgan fingerprint density at radius 2 is 1.94 bits per heavy atom. The zero-order valence-corrected chi connectivity index (χ0v) is 19.2.